The van der Waals surface area contributed by atoms with E-state index in [-0.39, 0.29) is 0 Å². The molecule has 0 radical (unpaired) electrons. The number of ether oxygens (including phenoxy) is 2. The average molecular weight is 577 g/mol. The van der Waals surface area contributed by atoms with Crippen molar-refractivity contribution in [2.45, 2.75) is 6.42 Å². The second-order valence-electron chi connectivity index (χ2n) is 10.9. The highest BCUT2D eigenvalue weighted by atomic mass is 16.5. The Kier molecular flexibility index (Phi) is 8.21. The third kappa shape index (κ3) is 6.36. The Morgan fingerprint density at radius 3 is 1.93 bits per heavy atom. The lowest BCUT2D eigenvalue weighted by Gasteiger charge is -2.28. The van der Waals surface area contributed by atoms with Crippen LogP contribution in [0.3, 0.4) is 0 Å². The van der Waals surface area contributed by atoms with Crippen molar-refractivity contribution in [3.8, 4) is 11.1 Å². The van der Waals surface area contributed by atoms with Gasteiger partial charge in [0.05, 0.1) is 37.5 Å². The number of morpholine rings is 2. The highest BCUT2D eigenvalue weighted by Gasteiger charge is 2.13. The summed E-state index contributed by atoms with van der Waals surface area (Å²) < 4.78 is 11.0. The van der Waals surface area contributed by atoms with Crippen molar-refractivity contribution in [2.24, 2.45) is 0 Å². The molecule has 2 fully saturated rings. The van der Waals surface area contributed by atoms with Gasteiger partial charge in [0.2, 0.25) is 0 Å². The van der Waals surface area contributed by atoms with E-state index in [0.717, 1.165) is 122 Å². The van der Waals surface area contributed by atoms with Gasteiger partial charge >= 0.3 is 0 Å². The molecule has 10 nitrogen and oxygen atoms in total. The van der Waals surface area contributed by atoms with Gasteiger partial charge in [-0.05, 0) is 72.6 Å². The number of benzene rings is 3. The predicted octanol–water partition coefficient (Wildman–Crippen LogP) is 4.95. The van der Waals surface area contributed by atoms with Crippen molar-refractivity contribution >= 4 is 44.8 Å². The molecule has 10 heteroatoms. The highest BCUT2D eigenvalue weighted by Crippen LogP contribution is 2.32. The average Bonchev–Trinajstić information content (AvgIpc) is 3.08. The minimum absolute atomic E-state index is 0.771. The number of hydrogen-bond acceptors (Lipinski definition) is 10. The fourth-order valence-electron chi connectivity index (χ4n) is 5.76. The SMILES string of the molecule is c1nc(NCCCN2CCOCC2)c2cc(-c3ccc4ncnc(Nc5ccc(N6CCOCC6)cc5)c4c3)ccc2n1. The number of rotatable bonds is 9. The quantitative estimate of drug-likeness (QED) is 0.234. The molecule has 7 rings (SSSR count). The van der Waals surface area contributed by atoms with Crippen molar-refractivity contribution in [1.82, 2.24) is 24.8 Å². The van der Waals surface area contributed by atoms with Crippen molar-refractivity contribution in [3.63, 3.8) is 0 Å². The van der Waals surface area contributed by atoms with Crippen LogP contribution < -0.4 is 15.5 Å². The van der Waals surface area contributed by atoms with Gasteiger partial charge < -0.3 is 25.0 Å². The summed E-state index contributed by atoms with van der Waals surface area (Å²) in [5.74, 6) is 1.64. The van der Waals surface area contributed by atoms with Gasteiger partial charge in [0.15, 0.2) is 0 Å². The summed E-state index contributed by atoms with van der Waals surface area (Å²) in [7, 11) is 0. The van der Waals surface area contributed by atoms with Crippen LogP contribution in [0.15, 0.2) is 73.3 Å². The summed E-state index contributed by atoms with van der Waals surface area (Å²) in [6.45, 7) is 8.95. The van der Waals surface area contributed by atoms with E-state index in [0.29, 0.717) is 0 Å². The molecule has 2 aliphatic heterocycles. The maximum atomic E-state index is 5.49. The predicted molar refractivity (Wildman–Crippen MR) is 171 cm³/mol. The summed E-state index contributed by atoms with van der Waals surface area (Å²) in [6, 6.07) is 21.1. The first-order valence-electron chi connectivity index (χ1n) is 15.0. The van der Waals surface area contributed by atoms with E-state index in [4.69, 9.17) is 9.47 Å². The number of nitrogens with one attached hydrogen (secondary N) is 2. The van der Waals surface area contributed by atoms with Crippen molar-refractivity contribution in [1.29, 1.82) is 0 Å². The summed E-state index contributed by atoms with van der Waals surface area (Å²) in [4.78, 5) is 23.0. The Morgan fingerprint density at radius 2 is 1.26 bits per heavy atom. The van der Waals surface area contributed by atoms with Crippen LogP contribution in [0.2, 0.25) is 0 Å². The molecule has 2 aliphatic rings. The monoisotopic (exact) mass is 576 g/mol. The number of aromatic nitrogens is 4. The molecule has 0 bridgehead atoms. The molecule has 4 heterocycles. The van der Waals surface area contributed by atoms with E-state index < -0.39 is 0 Å². The normalized spacial score (nSPS) is 16.0. The molecule has 43 heavy (non-hydrogen) atoms. The molecule has 0 amide bonds. The summed E-state index contributed by atoms with van der Waals surface area (Å²) in [5.41, 5.74) is 6.16. The number of hydrogen-bond donors (Lipinski definition) is 2. The summed E-state index contributed by atoms with van der Waals surface area (Å²) in [5, 5.41) is 9.03. The Labute approximate surface area is 251 Å². The second kappa shape index (κ2) is 12.9. The minimum atomic E-state index is 0.771. The fourth-order valence-corrected chi connectivity index (χ4v) is 5.76. The molecular formula is C33H36N8O2. The van der Waals surface area contributed by atoms with E-state index in [1.165, 1.54) is 5.69 Å². The smallest absolute Gasteiger partial charge is 0.141 e. The zero-order chi connectivity index (χ0) is 28.8. The maximum absolute atomic E-state index is 5.49. The topological polar surface area (TPSA) is 101 Å². The van der Waals surface area contributed by atoms with Crippen LogP contribution in [0, 0.1) is 0 Å². The first-order valence-corrected chi connectivity index (χ1v) is 15.0. The molecule has 2 N–H and O–H groups in total. The van der Waals surface area contributed by atoms with Gasteiger partial charge in [-0.1, -0.05) is 12.1 Å². The Morgan fingerprint density at radius 1 is 0.651 bits per heavy atom. The van der Waals surface area contributed by atoms with Crippen LogP contribution in [0.25, 0.3) is 32.9 Å². The Hall–Kier alpha value is -4.38. The van der Waals surface area contributed by atoms with Gasteiger partial charge in [0.25, 0.3) is 0 Å². The van der Waals surface area contributed by atoms with Crippen LogP contribution in [-0.2, 0) is 9.47 Å². The van der Waals surface area contributed by atoms with E-state index in [1.54, 1.807) is 12.7 Å². The van der Waals surface area contributed by atoms with Gasteiger partial charge in [-0.25, -0.2) is 19.9 Å². The number of fused-ring (bicyclic) bond motifs is 2. The molecule has 2 aromatic heterocycles. The molecule has 0 spiro atoms. The summed E-state index contributed by atoms with van der Waals surface area (Å²) >= 11 is 0. The lowest BCUT2D eigenvalue weighted by Crippen LogP contribution is -2.37. The second-order valence-corrected chi connectivity index (χ2v) is 10.9. The first kappa shape index (κ1) is 27.5. The summed E-state index contributed by atoms with van der Waals surface area (Å²) in [6.07, 6.45) is 4.28. The third-order valence-corrected chi connectivity index (χ3v) is 8.16. The van der Waals surface area contributed by atoms with Crippen LogP contribution >= 0.6 is 0 Å². The molecule has 5 aromatic rings. The van der Waals surface area contributed by atoms with Crippen molar-refractivity contribution < 1.29 is 9.47 Å². The lowest BCUT2D eigenvalue weighted by atomic mass is 10.0. The Balaban J connectivity index is 1.10. The Bertz CT molecular complexity index is 1680. The zero-order valence-corrected chi connectivity index (χ0v) is 24.2. The first-order chi connectivity index (χ1) is 21.3. The van der Waals surface area contributed by atoms with Crippen LogP contribution in [0.5, 0.6) is 0 Å². The molecule has 3 aromatic carbocycles. The molecule has 0 atom stereocenters. The van der Waals surface area contributed by atoms with Crippen LogP contribution in [0.4, 0.5) is 23.0 Å². The molecular weight excluding hydrogens is 540 g/mol. The van der Waals surface area contributed by atoms with E-state index in [2.05, 4.69) is 101 Å². The standard InChI is InChI=1S/C33H36N8O2/c1(11-40-12-16-42-17-13-40)10-34-32-28-20-24(2-8-30(28)35-22-37-32)25-3-9-31-29(21-25)33(38-23-36-31)39-26-4-6-27(7-5-26)41-14-18-43-19-15-41/h2-9,20-23H,1,10-19H2,(H,34,35,37)(H,36,38,39). The zero-order valence-electron chi connectivity index (χ0n) is 24.2. The largest absolute Gasteiger partial charge is 0.379 e. The molecule has 0 aliphatic carbocycles. The number of nitrogens with zero attached hydrogens (tertiary/aromatic N) is 6. The molecule has 220 valence electrons. The highest BCUT2D eigenvalue weighted by molar-refractivity contribution is 5.96. The van der Waals surface area contributed by atoms with Gasteiger partial charge in [-0.2, -0.15) is 0 Å². The lowest BCUT2D eigenvalue weighted by molar-refractivity contribution is 0.0378. The van der Waals surface area contributed by atoms with Crippen molar-refractivity contribution in [3.05, 3.63) is 73.3 Å². The molecule has 2 saturated heterocycles. The van der Waals surface area contributed by atoms with Crippen molar-refractivity contribution in [2.75, 3.05) is 81.2 Å². The maximum Gasteiger partial charge on any atom is 0.141 e. The number of anilines is 4. The van der Waals surface area contributed by atoms with Gasteiger partial charge in [-0.3, -0.25) is 4.90 Å². The molecule has 0 unspecified atom stereocenters. The fraction of sp³-hybridized carbons (Fsp3) is 0.333. The van der Waals surface area contributed by atoms with Crippen LogP contribution in [0.1, 0.15) is 6.42 Å². The third-order valence-electron chi connectivity index (χ3n) is 8.16. The van der Waals surface area contributed by atoms with E-state index >= 15 is 0 Å². The van der Waals surface area contributed by atoms with Gasteiger partial charge in [0.1, 0.15) is 24.3 Å². The van der Waals surface area contributed by atoms with E-state index in [9.17, 15) is 0 Å². The van der Waals surface area contributed by atoms with Gasteiger partial charge in [0, 0.05) is 54.9 Å². The van der Waals surface area contributed by atoms with Crippen LogP contribution in [-0.4, -0.2) is 90.5 Å². The van der Waals surface area contributed by atoms with Gasteiger partial charge in [-0.15, -0.1) is 0 Å². The van der Waals surface area contributed by atoms with E-state index in [1.807, 2.05) is 0 Å². The minimum Gasteiger partial charge on any atom is -0.379 e. The molecule has 0 saturated carbocycles.